The van der Waals surface area contributed by atoms with Crippen LogP contribution in [0, 0.1) is 5.92 Å². The number of hydrogen-bond donors (Lipinski definition) is 2. The van der Waals surface area contributed by atoms with Crippen molar-refractivity contribution in [2.45, 2.75) is 26.3 Å². The number of ketones is 1. The quantitative estimate of drug-likeness (QED) is 0.480. The van der Waals surface area contributed by atoms with Gasteiger partial charge in [-0.15, -0.1) is 0 Å². The van der Waals surface area contributed by atoms with Gasteiger partial charge in [0, 0.05) is 39.2 Å². The smallest absolute Gasteiger partial charge is 0.238 e. The number of nitrogens with one attached hydrogen (secondary N) is 2. The number of hydrogen-bond acceptors (Lipinski definition) is 7. The van der Waals surface area contributed by atoms with E-state index in [9.17, 15) is 9.59 Å². The predicted octanol–water partition coefficient (Wildman–Crippen LogP) is 3.71. The average molecular weight is 450 g/mol. The molecule has 33 heavy (non-hydrogen) atoms. The van der Waals surface area contributed by atoms with E-state index in [4.69, 9.17) is 4.74 Å². The van der Waals surface area contributed by atoms with E-state index in [1.54, 1.807) is 18.5 Å². The summed E-state index contributed by atoms with van der Waals surface area (Å²) in [6, 6.07) is 11.8. The minimum Gasteiger partial charge on any atom is -0.380 e. The molecule has 1 aliphatic rings. The number of carbonyl (C=O) groups excluding carboxylic acids is 2. The Balaban J connectivity index is 0.00000216. The topological polar surface area (TPSA) is 106 Å². The van der Waals surface area contributed by atoms with Crippen molar-refractivity contribution >= 4 is 17.4 Å². The number of carbonyl (C=O) groups is 2. The molecule has 174 valence electrons. The molecule has 3 aromatic rings. The molecule has 1 saturated heterocycles. The normalized spacial score (nSPS) is 13.5. The molecular weight excluding hydrogens is 418 g/mol. The first-order valence-electron chi connectivity index (χ1n) is 11.0. The van der Waals surface area contributed by atoms with Crippen LogP contribution in [0.5, 0.6) is 0 Å². The van der Waals surface area contributed by atoms with Crippen LogP contribution in [-0.4, -0.2) is 46.4 Å². The van der Waals surface area contributed by atoms with Gasteiger partial charge in [0.05, 0.1) is 31.1 Å². The number of benzene rings is 1. The summed E-state index contributed by atoms with van der Waals surface area (Å²) in [4.78, 5) is 37.8. The molecule has 0 saturated carbocycles. The maximum absolute atomic E-state index is 12.7. The Morgan fingerprint density at radius 3 is 2.70 bits per heavy atom. The molecule has 1 aromatic carbocycles. The Bertz CT molecular complexity index is 1140. The van der Waals surface area contributed by atoms with Crippen LogP contribution < -0.4 is 10.6 Å². The second-order valence-electron chi connectivity index (χ2n) is 8.35. The van der Waals surface area contributed by atoms with Gasteiger partial charge in [0.15, 0.2) is 5.78 Å². The van der Waals surface area contributed by atoms with E-state index in [0.29, 0.717) is 18.2 Å². The van der Waals surface area contributed by atoms with Crippen molar-refractivity contribution in [2.24, 2.45) is 5.92 Å². The molecule has 8 nitrogen and oxygen atoms in total. The first kappa shape index (κ1) is 22.7. The van der Waals surface area contributed by atoms with Crippen molar-refractivity contribution in [3.8, 4) is 11.1 Å². The molecule has 1 aliphatic heterocycles. The highest BCUT2D eigenvalue weighted by molar-refractivity contribution is 6.05. The predicted molar refractivity (Wildman–Crippen MR) is 129 cm³/mol. The summed E-state index contributed by atoms with van der Waals surface area (Å²) < 4.78 is 5.31. The van der Waals surface area contributed by atoms with Crippen LogP contribution in [0.4, 0.5) is 5.69 Å². The molecule has 0 spiro atoms. The van der Waals surface area contributed by atoms with Gasteiger partial charge < -0.3 is 15.4 Å². The maximum Gasteiger partial charge on any atom is 0.238 e. The van der Waals surface area contributed by atoms with E-state index < -0.39 is 0 Å². The number of aromatic nitrogens is 3. The molecule has 0 atom stereocenters. The van der Waals surface area contributed by atoms with Crippen LogP contribution in [0.15, 0.2) is 55.1 Å². The lowest BCUT2D eigenvalue weighted by molar-refractivity contribution is -0.115. The van der Waals surface area contributed by atoms with Crippen molar-refractivity contribution < 1.29 is 17.2 Å². The third-order valence-electron chi connectivity index (χ3n) is 5.48. The van der Waals surface area contributed by atoms with Gasteiger partial charge in [-0.3, -0.25) is 14.6 Å². The van der Waals surface area contributed by atoms with Crippen LogP contribution in [0.25, 0.3) is 11.1 Å². The summed E-state index contributed by atoms with van der Waals surface area (Å²) in [6.07, 6.45) is 4.80. The highest BCUT2D eigenvalue weighted by atomic mass is 16.5. The third kappa shape index (κ3) is 5.66. The number of amides is 1. The zero-order chi connectivity index (χ0) is 23.2. The van der Waals surface area contributed by atoms with Crippen molar-refractivity contribution in [1.82, 2.24) is 20.3 Å². The van der Waals surface area contributed by atoms with Gasteiger partial charge in [-0.25, -0.2) is 9.97 Å². The molecule has 4 rings (SSSR count). The van der Waals surface area contributed by atoms with E-state index in [0.717, 1.165) is 30.0 Å². The van der Waals surface area contributed by atoms with Gasteiger partial charge in [0.25, 0.3) is 0 Å². The largest absolute Gasteiger partial charge is 0.380 e. The number of pyridine rings is 1. The van der Waals surface area contributed by atoms with Crippen molar-refractivity contribution in [3.63, 3.8) is 0 Å². The number of ether oxygens (including phenoxy) is 1. The Morgan fingerprint density at radius 1 is 1.15 bits per heavy atom. The molecule has 2 aromatic heterocycles. The third-order valence-corrected chi connectivity index (χ3v) is 5.48. The monoisotopic (exact) mass is 449 g/mol. The van der Waals surface area contributed by atoms with E-state index in [2.05, 4.69) is 37.7 Å². The summed E-state index contributed by atoms with van der Waals surface area (Å²) in [5, 5.41) is 5.92. The van der Waals surface area contributed by atoms with Crippen molar-refractivity contribution in [3.05, 3.63) is 72.1 Å². The highest BCUT2D eigenvalue weighted by Gasteiger charge is 2.22. The van der Waals surface area contributed by atoms with Gasteiger partial charge in [0.1, 0.15) is 12.0 Å². The molecule has 0 aliphatic carbocycles. The fraction of sp³-hybridized carbons (Fsp3) is 0.320. The lowest BCUT2D eigenvalue weighted by atomic mass is 9.94. The van der Waals surface area contributed by atoms with Crippen LogP contribution in [0.2, 0.25) is 0 Å². The molecule has 1 fully saturated rings. The van der Waals surface area contributed by atoms with Gasteiger partial charge in [-0.2, -0.15) is 0 Å². The second-order valence-corrected chi connectivity index (χ2v) is 8.35. The van der Waals surface area contributed by atoms with Crippen LogP contribution in [-0.2, 0) is 16.1 Å². The van der Waals surface area contributed by atoms with E-state index in [-0.39, 0.29) is 32.7 Å². The summed E-state index contributed by atoms with van der Waals surface area (Å²) in [6.45, 7) is 5.60. The number of Topliss-reactive ketones (excluding diaryl/α,β-unsaturated/α-hetero) is 1. The standard InChI is InChI=1S/C25H27N5O3.2H2/c1-16(2)25(32)24-22(30-23(31)12-27-11-21-6-7-26-15-29-21)9-19(10-28-24)17-4-3-5-18(8-17)20-13-33-14-20;;/h3-10,15-16,20,27H,11-14H2,1-2H3,(H,30,31);2*1H. The van der Waals surface area contributed by atoms with E-state index in [1.165, 1.54) is 11.9 Å². The van der Waals surface area contributed by atoms with E-state index >= 15 is 0 Å². The minimum atomic E-state index is -0.263. The molecule has 3 heterocycles. The van der Waals surface area contributed by atoms with Gasteiger partial charge in [0.2, 0.25) is 5.91 Å². The molecule has 8 heteroatoms. The Kier molecular flexibility index (Phi) is 7.16. The lowest BCUT2D eigenvalue weighted by Gasteiger charge is -2.26. The molecule has 0 bridgehead atoms. The molecular formula is C25H31N5O3. The van der Waals surface area contributed by atoms with Gasteiger partial charge >= 0.3 is 0 Å². The first-order valence-corrected chi connectivity index (χ1v) is 11.0. The fourth-order valence-corrected chi connectivity index (χ4v) is 3.51. The summed E-state index contributed by atoms with van der Waals surface area (Å²) in [7, 11) is 0. The Hall–Kier alpha value is -3.49. The highest BCUT2D eigenvalue weighted by Crippen LogP contribution is 2.30. The molecule has 1 amide bonds. The second kappa shape index (κ2) is 10.4. The van der Waals surface area contributed by atoms with E-state index in [1.807, 2.05) is 32.0 Å². The molecule has 0 radical (unpaired) electrons. The number of anilines is 1. The lowest BCUT2D eigenvalue weighted by Crippen LogP contribution is -2.29. The first-order chi connectivity index (χ1) is 16.0. The zero-order valence-corrected chi connectivity index (χ0v) is 18.7. The van der Waals surface area contributed by atoms with Crippen molar-refractivity contribution in [1.29, 1.82) is 0 Å². The van der Waals surface area contributed by atoms with Crippen LogP contribution in [0.3, 0.4) is 0 Å². The Morgan fingerprint density at radius 2 is 2.00 bits per heavy atom. The Labute approximate surface area is 195 Å². The maximum atomic E-state index is 12.7. The summed E-state index contributed by atoms with van der Waals surface area (Å²) in [5.74, 6) is -0.219. The minimum absolute atomic E-state index is 0. The summed E-state index contributed by atoms with van der Waals surface area (Å²) >= 11 is 0. The zero-order valence-electron chi connectivity index (χ0n) is 18.7. The van der Waals surface area contributed by atoms with Gasteiger partial charge in [-0.1, -0.05) is 38.1 Å². The number of nitrogens with zero attached hydrogens (tertiary/aromatic N) is 3. The number of rotatable bonds is 9. The average Bonchev–Trinajstić information content (AvgIpc) is 2.78. The fourth-order valence-electron chi connectivity index (χ4n) is 3.51. The molecule has 0 unspecified atom stereocenters. The van der Waals surface area contributed by atoms with Crippen LogP contribution in [0.1, 0.15) is 44.4 Å². The van der Waals surface area contributed by atoms with Crippen molar-refractivity contribution in [2.75, 3.05) is 25.1 Å². The SMILES string of the molecule is CC(C)C(=O)c1ncc(-c2cccc(C3COC3)c2)cc1NC(=O)CNCc1ccncn1.[HH].[HH]. The van der Waals surface area contributed by atoms with Crippen LogP contribution >= 0.6 is 0 Å². The molecule has 2 N–H and O–H groups in total. The van der Waals surface area contributed by atoms with Gasteiger partial charge in [-0.05, 0) is 23.3 Å². The summed E-state index contributed by atoms with van der Waals surface area (Å²) in [5.41, 5.74) is 4.49.